The summed E-state index contributed by atoms with van der Waals surface area (Å²) in [4.78, 5) is 0. The molecule has 0 spiro atoms. The van der Waals surface area contributed by atoms with Gasteiger partial charge in [-0.15, -0.1) is 0 Å². The molecule has 1 atom stereocenters. The summed E-state index contributed by atoms with van der Waals surface area (Å²) in [6, 6.07) is 0.771. The average molecular weight is 229 g/mol. The summed E-state index contributed by atoms with van der Waals surface area (Å²) in [5.41, 5.74) is 0. The first-order valence-corrected chi connectivity index (χ1v) is 7.79. The van der Waals surface area contributed by atoms with E-state index in [-0.39, 0.29) is 0 Å². The Morgan fingerprint density at radius 1 is 1.27 bits per heavy atom. The van der Waals surface area contributed by atoms with Crippen molar-refractivity contribution in [3.05, 3.63) is 0 Å². The number of hydrogen-bond donors (Lipinski definition) is 1. The molecule has 1 N–H and O–H groups in total. The highest BCUT2D eigenvalue weighted by molar-refractivity contribution is 7.99. The van der Waals surface area contributed by atoms with Gasteiger partial charge >= 0.3 is 0 Å². The number of nitrogens with one attached hydrogen (secondary N) is 1. The van der Waals surface area contributed by atoms with Crippen LogP contribution in [0, 0.1) is 5.92 Å². The molecule has 0 saturated heterocycles. The molecule has 0 bridgehead atoms. The second-order valence-corrected chi connectivity index (χ2v) is 5.87. The molecule has 1 rings (SSSR count). The van der Waals surface area contributed by atoms with Gasteiger partial charge in [-0.05, 0) is 38.0 Å². The van der Waals surface area contributed by atoms with Crippen LogP contribution in [0.3, 0.4) is 0 Å². The zero-order valence-corrected chi connectivity index (χ0v) is 11.2. The lowest BCUT2D eigenvalue weighted by Crippen LogP contribution is -2.37. The minimum Gasteiger partial charge on any atom is -0.316 e. The van der Waals surface area contributed by atoms with E-state index in [0.717, 1.165) is 12.0 Å². The molecule has 0 amide bonds. The Bertz CT molecular complexity index is 143. The molecule has 1 saturated carbocycles. The van der Waals surface area contributed by atoms with Crippen molar-refractivity contribution < 1.29 is 0 Å². The van der Waals surface area contributed by atoms with Gasteiger partial charge in [0.2, 0.25) is 0 Å². The van der Waals surface area contributed by atoms with Crippen LogP contribution in [0.2, 0.25) is 0 Å². The van der Waals surface area contributed by atoms with Gasteiger partial charge in [-0.25, -0.2) is 0 Å². The van der Waals surface area contributed by atoms with Crippen LogP contribution in [0.5, 0.6) is 0 Å². The Morgan fingerprint density at radius 2 is 2.00 bits per heavy atom. The molecule has 15 heavy (non-hydrogen) atoms. The molecule has 0 aromatic heterocycles. The summed E-state index contributed by atoms with van der Waals surface area (Å²) in [7, 11) is 2.14. The molecule has 1 fully saturated rings. The summed E-state index contributed by atoms with van der Waals surface area (Å²) in [5.74, 6) is 3.63. The lowest BCUT2D eigenvalue weighted by Gasteiger charge is -2.29. The van der Waals surface area contributed by atoms with E-state index in [1.165, 1.54) is 56.5 Å². The largest absolute Gasteiger partial charge is 0.316 e. The molecule has 1 unspecified atom stereocenters. The van der Waals surface area contributed by atoms with Crippen LogP contribution in [-0.4, -0.2) is 24.6 Å². The minimum atomic E-state index is 0.771. The van der Waals surface area contributed by atoms with E-state index < -0.39 is 0 Å². The third-order valence-corrected chi connectivity index (χ3v) is 4.70. The molecule has 1 nitrogen and oxygen atoms in total. The molecular weight excluding hydrogens is 202 g/mol. The SMILES string of the molecule is CCCCSCC(NC)C1CCCCC1. The van der Waals surface area contributed by atoms with Gasteiger partial charge in [-0.1, -0.05) is 32.6 Å². The van der Waals surface area contributed by atoms with Gasteiger partial charge in [0, 0.05) is 11.8 Å². The fourth-order valence-electron chi connectivity index (χ4n) is 2.45. The topological polar surface area (TPSA) is 12.0 Å². The van der Waals surface area contributed by atoms with Crippen molar-refractivity contribution in [2.75, 3.05) is 18.6 Å². The zero-order chi connectivity index (χ0) is 10.9. The number of thioether (sulfide) groups is 1. The van der Waals surface area contributed by atoms with E-state index >= 15 is 0 Å². The number of unbranched alkanes of at least 4 members (excludes halogenated alkanes) is 1. The lowest BCUT2D eigenvalue weighted by atomic mass is 9.84. The second kappa shape index (κ2) is 8.46. The van der Waals surface area contributed by atoms with E-state index in [0.29, 0.717) is 0 Å². The number of rotatable bonds is 7. The van der Waals surface area contributed by atoms with E-state index in [9.17, 15) is 0 Å². The fourth-order valence-corrected chi connectivity index (χ4v) is 3.80. The summed E-state index contributed by atoms with van der Waals surface area (Å²) in [5, 5.41) is 3.53. The monoisotopic (exact) mass is 229 g/mol. The molecule has 1 aliphatic carbocycles. The van der Waals surface area contributed by atoms with Gasteiger partial charge in [0.25, 0.3) is 0 Å². The van der Waals surface area contributed by atoms with Gasteiger partial charge in [0.1, 0.15) is 0 Å². The molecule has 0 radical (unpaired) electrons. The smallest absolute Gasteiger partial charge is 0.0183 e. The minimum absolute atomic E-state index is 0.771. The van der Waals surface area contributed by atoms with Crippen molar-refractivity contribution in [2.24, 2.45) is 5.92 Å². The molecule has 2 heteroatoms. The van der Waals surface area contributed by atoms with Crippen LogP contribution >= 0.6 is 11.8 Å². The molecule has 0 aromatic rings. The average Bonchev–Trinajstić information content (AvgIpc) is 2.30. The van der Waals surface area contributed by atoms with Gasteiger partial charge < -0.3 is 5.32 Å². The van der Waals surface area contributed by atoms with Gasteiger partial charge in [0.15, 0.2) is 0 Å². The van der Waals surface area contributed by atoms with Gasteiger partial charge in [-0.2, -0.15) is 11.8 Å². The maximum atomic E-state index is 3.53. The predicted molar refractivity (Wildman–Crippen MR) is 71.7 cm³/mol. The Balaban J connectivity index is 2.15. The lowest BCUT2D eigenvalue weighted by molar-refractivity contribution is 0.294. The normalized spacial score (nSPS) is 20.4. The molecule has 0 aromatic carbocycles. The first kappa shape index (κ1) is 13.4. The second-order valence-electron chi connectivity index (χ2n) is 4.72. The summed E-state index contributed by atoms with van der Waals surface area (Å²) in [6.45, 7) is 2.28. The van der Waals surface area contributed by atoms with Crippen molar-refractivity contribution in [3.8, 4) is 0 Å². The molecule has 0 aliphatic heterocycles. The first-order valence-electron chi connectivity index (χ1n) is 6.63. The highest BCUT2D eigenvalue weighted by Crippen LogP contribution is 2.27. The Kier molecular flexibility index (Phi) is 7.54. The summed E-state index contributed by atoms with van der Waals surface area (Å²) in [6.07, 6.45) is 10.0. The predicted octanol–water partition coefficient (Wildman–Crippen LogP) is 3.69. The van der Waals surface area contributed by atoms with Crippen LogP contribution < -0.4 is 5.32 Å². The van der Waals surface area contributed by atoms with Crippen molar-refractivity contribution in [2.45, 2.75) is 57.9 Å². The molecule has 90 valence electrons. The van der Waals surface area contributed by atoms with Crippen LogP contribution in [0.25, 0.3) is 0 Å². The Labute approximate surface area is 99.8 Å². The highest BCUT2D eigenvalue weighted by atomic mass is 32.2. The van der Waals surface area contributed by atoms with E-state index in [1.807, 2.05) is 0 Å². The van der Waals surface area contributed by atoms with Crippen molar-refractivity contribution in [1.29, 1.82) is 0 Å². The van der Waals surface area contributed by atoms with Crippen LogP contribution in [0.15, 0.2) is 0 Å². The summed E-state index contributed by atoms with van der Waals surface area (Å²) >= 11 is 2.14. The Hall–Kier alpha value is 0.310. The third-order valence-electron chi connectivity index (χ3n) is 3.53. The van der Waals surface area contributed by atoms with Crippen molar-refractivity contribution >= 4 is 11.8 Å². The van der Waals surface area contributed by atoms with Gasteiger partial charge in [0.05, 0.1) is 0 Å². The molecular formula is C13H27NS. The van der Waals surface area contributed by atoms with Crippen molar-refractivity contribution in [3.63, 3.8) is 0 Å². The summed E-state index contributed by atoms with van der Waals surface area (Å²) < 4.78 is 0. The van der Waals surface area contributed by atoms with E-state index in [4.69, 9.17) is 0 Å². The van der Waals surface area contributed by atoms with E-state index in [2.05, 4.69) is 31.1 Å². The maximum Gasteiger partial charge on any atom is 0.0183 e. The fraction of sp³-hybridized carbons (Fsp3) is 1.00. The van der Waals surface area contributed by atoms with Crippen LogP contribution in [0.4, 0.5) is 0 Å². The zero-order valence-electron chi connectivity index (χ0n) is 10.4. The molecule has 0 heterocycles. The third kappa shape index (κ3) is 5.26. The highest BCUT2D eigenvalue weighted by Gasteiger charge is 2.21. The quantitative estimate of drug-likeness (QED) is 0.668. The molecule has 1 aliphatic rings. The maximum absolute atomic E-state index is 3.53. The number of hydrogen-bond acceptors (Lipinski definition) is 2. The Morgan fingerprint density at radius 3 is 2.60 bits per heavy atom. The first-order chi connectivity index (χ1) is 7.38. The van der Waals surface area contributed by atoms with Gasteiger partial charge in [-0.3, -0.25) is 0 Å². The van der Waals surface area contributed by atoms with E-state index in [1.54, 1.807) is 0 Å². The standard InChI is InChI=1S/C13H27NS/c1-3-4-10-15-11-13(14-2)12-8-6-5-7-9-12/h12-14H,3-11H2,1-2H3. The van der Waals surface area contributed by atoms with Crippen LogP contribution in [0.1, 0.15) is 51.9 Å². The van der Waals surface area contributed by atoms with Crippen LogP contribution in [-0.2, 0) is 0 Å². The van der Waals surface area contributed by atoms with Crippen molar-refractivity contribution in [1.82, 2.24) is 5.32 Å².